The number of carbonyl (C=O) groups excluding carboxylic acids is 2. The molecule has 0 aliphatic heterocycles. The average Bonchev–Trinajstić information content (AvgIpc) is 3.29. The zero-order valence-corrected chi connectivity index (χ0v) is 44.2. The van der Waals surface area contributed by atoms with Crippen LogP contribution in [0.25, 0.3) is 0 Å². The SMILES string of the molecule is CCCCCCCCCCN(CCCCCCCCCC)C(=O)CCCCCCCN(CC)CCCCCCCC(=O)N(CCCCCCCCCC)CCCCCCCCCC. The third-order valence-electron chi connectivity index (χ3n) is 14.0. The Bertz CT molecular complexity index is 801. The molecule has 0 aromatic rings. The first-order chi connectivity index (χ1) is 31.0. The molecular weight excluding hydrogens is 771 g/mol. The van der Waals surface area contributed by atoms with E-state index in [1.165, 1.54) is 270 Å². The van der Waals surface area contributed by atoms with Gasteiger partial charge in [0.1, 0.15) is 0 Å². The normalized spacial score (nSPS) is 11.6. The molecular formula is C58H117N3O2. The number of hydrogen-bond donors (Lipinski definition) is 0. The van der Waals surface area contributed by atoms with E-state index in [1.54, 1.807) is 0 Å². The monoisotopic (exact) mass is 888 g/mol. The van der Waals surface area contributed by atoms with Crippen molar-refractivity contribution in [3.05, 3.63) is 0 Å². The summed E-state index contributed by atoms with van der Waals surface area (Å²) in [5, 5.41) is 0. The zero-order valence-electron chi connectivity index (χ0n) is 44.2. The first-order valence-electron chi connectivity index (χ1n) is 29.3. The van der Waals surface area contributed by atoms with Gasteiger partial charge in [0.2, 0.25) is 11.8 Å². The number of unbranched alkanes of at least 4 members (excludes halogenated alkanes) is 36. The van der Waals surface area contributed by atoms with E-state index in [9.17, 15) is 9.59 Å². The van der Waals surface area contributed by atoms with E-state index in [1.807, 2.05) is 0 Å². The van der Waals surface area contributed by atoms with E-state index in [-0.39, 0.29) is 0 Å². The van der Waals surface area contributed by atoms with Crippen molar-refractivity contribution in [1.82, 2.24) is 14.7 Å². The molecule has 0 rings (SSSR count). The van der Waals surface area contributed by atoms with Gasteiger partial charge in [0, 0.05) is 39.0 Å². The summed E-state index contributed by atoms with van der Waals surface area (Å²) in [7, 11) is 0. The Morgan fingerprint density at radius 1 is 0.238 bits per heavy atom. The molecule has 5 heteroatoms. The van der Waals surface area contributed by atoms with E-state index in [4.69, 9.17) is 0 Å². The highest BCUT2D eigenvalue weighted by Crippen LogP contribution is 2.17. The first-order valence-corrected chi connectivity index (χ1v) is 29.3. The largest absolute Gasteiger partial charge is 0.343 e. The van der Waals surface area contributed by atoms with Crippen molar-refractivity contribution in [1.29, 1.82) is 0 Å². The molecule has 0 fully saturated rings. The summed E-state index contributed by atoms with van der Waals surface area (Å²) >= 11 is 0. The van der Waals surface area contributed by atoms with E-state index in [2.05, 4.69) is 49.3 Å². The molecule has 376 valence electrons. The summed E-state index contributed by atoms with van der Waals surface area (Å²) in [4.78, 5) is 33.8. The van der Waals surface area contributed by atoms with Crippen LogP contribution < -0.4 is 0 Å². The fraction of sp³-hybridized carbons (Fsp3) is 0.966. The third kappa shape index (κ3) is 44.5. The van der Waals surface area contributed by atoms with Crippen LogP contribution >= 0.6 is 0 Å². The van der Waals surface area contributed by atoms with Crippen molar-refractivity contribution in [3.8, 4) is 0 Å². The third-order valence-corrected chi connectivity index (χ3v) is 14.0. The lowest BCUT2D eigenvalue weighted by Gasteiger charge is -2.23. The van der Waals surface area contributed by atoms with Gasteiger partial charge in [0.25, 0.3) is 0 Å². The van der Waals surface area contributed by atoms with E-state index >= 15 is 0 Å². The molecule has 63 heavy (non-hydrogen) atoms. The number of nitrogens with zero attached hydrogens (tertiary/aromatic N) is 3. The molecule has 0 aromatic carbocycles. The van der Waals surface area contributed by atoms with E-state index in [0.717, 1.165) is 58.4 Å². The second kappa shape index (κ2) is 51.9. The minimum absolute atomic E-state index is 0.426. The summed E-state index contributed by atoms with van der Waals surface area (Å²) in [6.45, 7) is 19.0. The Morgan fingerprint density at radius 3 is 0.651 bits per heavy atom. The minimum atomic E-state index is 0.426. The Kier molecular flexibility index (Phi) is 51.0. The van der Waals surface area contributed by atoms with Gasteiger partial charge in [-0.1, -0.05) is 253 Å². The molecule has 0 saturated carbocycles. The number of amides is 2. The Labute approximate surface area is 397 Å². The second-order valence-corrected chi connectivity index (χ2v) is 20.1. The van der Waals surface area contributed by atoms with Crippen LogP contribution in [0, 0.1) is 0 Å². The standard InChI is InChI=1S/C58H117N3O2/c1-6-11-15-19-23-27-37-45-53-60(54-46-38-28-24-20-16-12-7-2)57(62)49-41-33-31-35-43-51-59(10-5)52-44-36-32-34-42-50-58(63)61(55-47-39-29-25-21-17-13-8-3)56-48-40-30-26-22-18-14-9-4/h6-56H2,1-5H3. The molecule has 0 heterocycles. The fourth-order valence-corrected chi connectivity index (χ4v) is 9.50. The van der Waals surface area contributed by atoms with Crippen LogP contribution in [0.5, 0.6) is 0 Å². The highest BCUT2D eigenvalue weighted by molar-refractivity contribution is 5.76. The van der Waals surface area contributed by atoms with Crippen LogP contribution in [0.2, 0.25) is 0 Å². The molecule has 0 unspecified atom stereocenters. The summed E-state index contributed by atoms with van der Waals surface area (Å²) < 4.78 is 0. The molecule has 0 aliphatic rings. The molecule has 2 amide bonds. The molecule has 0 aliphatic carbocycles. The van der Waals surface area contributed by atoms with Crippen LogP contribution in [-0.4, -0.2) is 72.3 Å². The maximum atomic E-state index is 13.3. The highest BCUT2D eigenvalue weighted by Gasteiger charge is 2.14. The molecule has 0 radical (unpaired) electrons. The highest BCUT2D eigenvalue weighted by atomic mass is 16.2. The van der Waals surface area contributed by atoms with Crippen molar-refractivity contribution in [2.24, 2.45) is 0 Å². The summed E-state index contributed by atoms with van der Waals surface area (Å²) in [5.41, 5.74) is 0. The first kappa shape index (κ1) is 61.9. The predicted molar refractivity (Wildman–Crippen MR) is 281 cm³/mol. The minimum Gasteiger partial charge on any atom is -0.343 e. The number of rotatable bonds is 53. The van der Waals surface area contributed by atoms with Crippen molar-refractivity contribution in [2.45, 2.75) is 317 Å². The van der Waals surface area contributed by atoms with Gasteiger partial charge in [0.05, 0.1) is 0 Å². The Hall–Kier alpha value is -1.10. The van der Waals surface area contributed by atoms with Crippen LogP contribution in [0.1, 0.15) is 317 Å². The molecule has 0 spiro atoms. The fourth-order valence-electron chi connectivity index (χ4n) is 9.50. The van der Waals surface area contributed by atoms with Crippen molar-refractivity contribution in [3.63, 3.8) is 0 Å². The number of carbonyl (C=O) groups is 2. The van der Waals surface area contributed by atoms with Gasteiger partial charge in [-0.2, -0.15) is 0 Å². The van der Waals surface area contributed by atoms with Gasteiger partial charge in [-0.25, -0.2) is 0 Å². The smallest absolute Gasteiger partial charge is 0.222 e. The molecule has 0 N–H and O–H groups in total. The van der Waals surface area contributed by atoms with Crippen LogP contribution in [0.3, 0.4) is 0 Å². The lowest BCUT2D eigenvalue weighted by Crippen LogP contribution is -2.32. The predicted octanol–water partition coefficient (Wildman–Crippen LogP) is 18.2. The Balaban J connectivity index is 4.31. The summed E-state index contributed by atoms with van der Waals surface area (Å²) in [5.74, 6) is 0.851. The van der Waals surface area contributed by atoms with Gasteiger partial charge in [-0.3, -0.25) is 9.59 Å². The molecule has 0 bridgehead atoms. The van der Waals surface area contributed by atoms with Crippen molar-refractivity contribution in [2.75, 3.05) is 45.8 Å². The lowest BCUT2D eigenvalue weighted by molar-refractivity contribution is -0.132. The van der Waals surface area contributed by atoms with Crippen LogP contribution in [-0.2, 0) is 9.59 Å². The molecule has 0 aromatic heterocycles. The zero-order chi connectivity index (χ0) is 45.9. The quantitative estimate of drug-likeness (QED) is 0.0572. The van der Waals surface area contributed by atoms with Crippen LogP contribution in [0.4, 0.5) is 0 Å². The van der Waals surface area contributed by atoms with Gasteiger partial charge in [-0.15, -0.1) is 0 Å². The van der Waals surface area contributed by atoms with Gasteiger partial charge in [-0.05, 0) is 71.0 Å². The molecule has 0 atom stereocenters. The maximum absolute atomic E-state index is 13.3. The summed E-state index contributed by atoms with van der Waals surface area (Å²) in [6, 6.07) is 0. The Morgan fingerprint density at radius 2 is 0.429 bits per heavy atom. The average molecular weight is 889 g/mol. The lowest BCUT2D eigenvalue weighted by atomic mass is 10.1. The van der Waals surface area contributed by atoms with Gasteiger partial charge >= 0.3 is 0 Å². The van der Waals surface area contributed by atoms with Crippen molar-refractivity contribution < 1.29 is 9.59 Å². The topological polar surface area (TPSA) is 43.9 Å². The van der Waals surface area contributed by atoms with Crippen molar-refractivity contribution >= 4 is 11.8 Å². The number of hydrogen-bond acceptors (Lipinski definition) is 3. The van der Waals surface area contributed by atoms with Crippen LogP contribution in [0.15, 0.2) is 0 Å². The van der Waals surface area contributed by atoms with E-state index < -0.39 is 0 Å². The molecule has 0 saturated heterocycles. The second-order valence-electron chi connectivity index (χ2n) is 20.1. The maximum Gasteiger partial charge on any atom is 0.222 e. The van der Waals surface area contributed by atoms with Gasteiger partial charge in [0.15, 0.2) is 0 Å². The molecule has 5 nitrogen and oxygen atoms in total. The van der Waals surface area contributed by atoms with E-state index in [0.29, 0.717) is 11.8 Å². The summed E-state index contributed by atoms with van der Waals surface area (Å²) in [6.07, 6.45) is 56.2. The van der Waals surface area contributed by atoms with Gasteiger partial charge < -0.3 is 14.7 Å².